The van der Waals surface area contributed by atoms with Crippen molar-refractivity contribution in [1.29, 1.82) is 0 Å². The normalized spacial score (nSPS) is 13.4. The second-order valence-electron chi connectivity index (χ2n) is 4.76. The number of nitrogens with one attached hydrogen (secondary N) is 2. The summed E-state index contributed by atoms with van der Waals surface area (Å²) in [7, 11) is -3.11. The van der Waals surface area contributed by atoms with Gasteiger partial charge in [-0.1, -0.05) is 17.7 Å². The highest BCUT2D eigenvalue weighted by Crippen LogP contribution is 2.24. The van der Waals surface area contributed by atoms with Crippen molar-refractivity contribution in [3.63, 3.8) is 0 Å². The molecule has 1 aromatic carbocycles. The molecule has 5 nitrogen and oxygen atoms in total. The van der Waals surface area contributed by atoms with Crippen LogP contribution in [-0.2, 0) is 10.0 Å². The Morgan fingerprint density at radius 1 is 1.32 bits per heavy atom. The summed E-state index contributed by atoms with van der Waals surface area (Å²) in [6, 6.07) is 5.52. The van der Waals surface area contributed by atoms with Gasteiger partial charge in [0.05, 0.1) is 6.26 Å². The lowest BCUT2D eigenvalue weighted by Crippen LogP contribution is -2.27. The minimum atomic E-state index is -3.11. The van der Waals surface area contributed by atoms with Crippen LogP contribution in [0.4, 0.5) is 0 Å². The van der Waals surface area contributed by atoms with Crippen molar-refractivity contribution in [2.75, 3.05) is 19.3 Å². The van der Waals surface area contributed by atoms with Gasteiger partial charge in [0.15, 0.2) is 0 Å². The fourth-order valence-corrected chi connectivity index (χ4v) is 2.31. The predicted molar refractivity (Wildman–Crippen MR) is 76.7 cm³/mol. The zero-order valence-electron chi connectivity index (χ0n) is 11.6. The van der Waals surface area contributed by atoms with E-state index in [-0.39, 0.29) is 11.8 Å². The maximum Gasteiger partial charge on any atom is 0.208 e. The standard InChI is InChI=1S/C13H22N2O3S/c1-10-5-6-13(16)12(9-10)11(2)14-7-4-8-15-19(3,17)18/h5-6,9,11,14-16H,4,7-8H2,1-3H3. The summed E-state index contributed by atoms with van der Waals surface area (Å²) in [5.41, 5.74) is 1.95. The SMILES string of the molecule is Cc1ccc(O)c(C(C)NCCCNS(C)(=O)=O)c1. The van der Waals surface area contributed by atoms with Crippen molar-refractivity contribution < 1.29 is 13.5 Å². The van der Waals surface area contributed by atoms with E-state index in [0.717, 1.165) is 17.4 Å². The number of hydrogen-bond donors (Lipinski definition) is 3. The van der Waals surface area contributed by atoms with Gasteiger partial charge in [-0.2, -0.15) is 0 Å². The molecule has 0 heterocycles. The summed E-state index contributed by atoms with van der Waals surface area (Å²) in [5, 5.41) is 13.0. The van der Waals surface area contributed by atoms with Crippen molar-refractivity contribution in [2.45, 2.75) is 26.3 Å². The second kappa shape index (κ2) is 6.88. The van der Waals surface area contributed by atoms with Crippen molar-refractivity contribution in [3.8, 4) is 5.75 Å². The molecule has 0 aromatic heterocycles. The molecule has 0 amide bonds. The first-order chi connectivity index (χ1) is 8.79. The predicted octanol–water partition coefficient (Wildman–Crippen LogP) is 1.29. The smallest absolute Gasteiger partial charge is 0.208 e. The molecule has 0 bridgehead atoms. The number of sulfonamides is 1. The van der Waals surface area contributed by atoms with Crippen LogP contribution < -0.4 is 10.0 Å². The van der Waals surface area contributed by atoms with E-state index in [0.29, 0.717) is 19.5 Å². The van der Waals surface area contributed by atoms with Gasteiger partial charge in [-0.25, -0.2) is 13.1 Å². The molecule has 0 aliphatic heterocycles. The van der Waals surface area contributed by atoms with E-state index in [1.54, 1.807) is 6.07 Å². The second-order valence-corrected chi connectivity index (χ2v) is 6.59. The number of phenols is 1. The first kappa shape index (κ1) is 15.9. The van der Waals surface area contributed by atoms with Gasteiger partial charge in [-0.15, -0.1) is 0 Å². The van der Waals surface area contributed by atoms with Gasteiger partial charge in [-0.05, 0) is 32.9 Å². The van der Waals surface area contributed by atoms with Crippen molar-refractivity contribution in [1.82, 2.24) is 10.0 Å². The minimum absolute atomic E-state index is 0.0260. The third-order valence-corrected chi connectivity index (χ3v) is 3.55. The molecule has 1 rings (SSSR count). The molecular formula is C13H22N2O3S. The van der Waals surface area contributed by atoms with Gasteiger partial charge in [0, 0.05) is 18.2 Å². The topological polar surface area (TPSA) is 78.4 Å². The fraction of sp³-hybridized carbons (Fsp3) is 0.538. The van der Waals surface area contributed by atoms with E-state index in [9.17, 15) is 13.5 Å². The lowest BCUT2D eigenvalue weighted by atomic mass is 10.0. The van der Waals surface area contributed by atoms with E-state index < -0.39 is 10.0 Å². The lowest BCUT2D eigenvalue weighted by molar-refractivity contribution is 0.451. The highest BCUT2D eigenvalue weighted by Gasteiger charge is 2.09. The van der Waals surface area contributed by atoms with E-state index in [4.69, 9.17) is 0 Å². The summed E-state index contributed by atoms with van der Waals surface area (Å²) in [4.78, 5) is 0. The molecular weight excluding hydrogens is 264 g/mol. The van der Waals surface area contributed by atoms with Crippen molar-refractivity contribution in [2.24, 2.45) is 0 Å². The maximum absolute atomic E-state index is 10.9. The maximum atomic E-state index is 10.9. The molecule has 0 aliphatic rings. The highest BCUT2D eigenvalue weighted by atomic mass is 32.2. The van der Waals surface area contributed by atoms with Crippen LogP contribution >= 0.6 is 0 Å². The number of benzene rings is 1. The van der Waals surface area contributed by atoms with Crippen LogP contribution in [-0.4, -0.2) is 32.9 Å². The summed E-state index contributed by atoms with van der Waals surface area (Å²) >= 11 is 0. The molecule has 1 unspecified atom stereocenters. The Balaban J connectivity index is 2.39. The quantitative estimate of drug-likeness (QED) is 0.660. The number of hydrogen-bond acceptors (Lipinski definition) is 4. The number of rotatable bonds is 7. The van der Waals surface area contributed by atoms with Crippen LogP contribution in [0.1, 0.15) is 30.5 Å². The molecule has 3 N–H and O–H groups in total. The molecule has 0 spiro atoms. The Morgan fingerprint density at radius 2 is 2.00 bits per heavy atom. The van der Waals surface area contributed by atoms with Gasteiger partial charge in [-0.3, -0.25) is 0 Å². The largest absolute Gasteiger partial charge is 0.508 e. The van der Waals surface area contributed by atoms with Crippen molar-refractivity contribution in [3.05, 3.63) is 29.3 Å². The Labute approximate surface area is 115 Å². The number of aromatic hydroxyl groups is 1. The zero-order valence-corrected chi connectivity index (χ0v) is 12.4. The van der Waals surface area contributed by atoms with E-state index >= 15 is 0 Å². The van der Waals surface area contributed by atoms with E-state index in [1.807, 2.05) is 26.0 Å². The van der Waals surface area contributed by atoms with Crippen LogP contribution in [0.2, 0.25) is 0 Å². The molecule has 0 saturated carbocycles. The third kappa shape index (κ3) is 6.04. The van der Waals surface area contributed by atoms with Crippen LogP contribution in [0.3, 0.4) is 0 Å². The Morgan fingerprint density at radius 3 is 2.63 bits per heavy atom. The first-order valence-corrected chi connectivity index (χ1v) is 8.16. The van der Waals surface area contributed by atoms with Crippen LogP contribution in [0, 0.1) is 6.92 Å². The van der Waals surface area contributed by atoms with Crippen LogP contribution in [0.25, 0.3) is 0 Å². The minimum Gasteiger partial charge on any atom is -0.508 e. The molecule has 108 valence electrons. The van der Waals surface area contributed by atoms with Crippen molar-refractivity contribution >= 4 is 10.0 Å². The van der Waals surface area contributed by atoms with Crippen LogP contribution in [0.15, 0.2) is 18.2 Å². The highest BCUT2D eigenvalue weighted by molar-refractivity contribution is 7.88. The average molecular weight is 286 g/mol. The van der Waals surface area contributed by atoms with E-state index in [1.165, 1.54) is 0 Å². The number of phenolic OH excluding ortho intramolecular Hbond substituents is 1. The summed E-state index contributed by atoms with van der Waals surface area (Å²) in [6.07, 6.45) is 1.85. The lowest BCUT2D eigenvalue weighted by Gasteiger charge is -2.16. The van der Waals surface area contributed by atoms with Gasteiger partial charge in [0.2, 0.25) is 10.0 Å². The molecule has 19 heavy (non-hydrogen) atoms. The Hall–Kier alpha value is -1.11. The number of aryl methyl sites for hydroxylation is 1. The van der Waals surface area contributed by atoms with Crippen LogP contribution in [0.5, 0.6) is 5.75 Å². The average Bonchev–Trinajstić information content (AvgIpc) is 2.30. The molecule has 0 fully saturated rings. The molecule has 6 heteroatoms. The van der Waals surface area contributed by atoms with Gasteiger partial charge in [0.1, 0.15) is 5.75 Å². The van der Waals surface area contributed by atoms with Gasteiger partial charge < -0.3 is 10.4 Å². The molecule has 0 aliphatic carbocycles. The monoisotopic (exact) mass is 286 g/mol. The Kier molecular flexibility index (Phi) is 5.78. The first-order valence-electron chi connectivity index (χ1n) is 6.27. The Bertz CT molecular complexity index is 515. The van der Waals surface area contributed by atoms with Gasteiger partial charge >= 0.3 is 0 Å². The zero-order chi connectivity index (χ0) is 14.5. The summed E-state index contributed by atoms with van der Waals surface area (Å²) in [5.74, 6) is 0.278. The summed E-state index contributed by atoms with van der Waals surface area (Å²) in [6.45, 7) is 5.04. The molecule has 1 aromatic rings. The van der Waals surface area contributed by atoms with Gasteiger partial charge in [0.25, 0.3) is 0 Å². The molecule has 0 saturated heterocycles. The fourth-order valence-electron chi connectivity index (χ4n) is 1.80. The van der Waals surface area contributed by atoms with E-state index in [2.05, 4.69) is 10.0 Å². The molecule has 0 radical (unpaired) electrons. The third-order valence-electron chi connectivity index (χ3n) is 2.82. The molecule has 1 atom stereocenters. The summed E-state index contributed by atoms with van der Waals surface area (Å²) < 4.78 is 24.2.